The number of nitrogens with zero attached hydrogens (tertiary/aromatic N) is 1. The molecule has 0 bridgehead atoms. The number of rotatable bonds is 10. The molecule has 1 aromatic rings. The van der Waals surface area contributed by atoms with E-state index in [1.165, 1.54) is 6.92 Å². The van der Waals surface area contributed by atoms with Gasteiger partial charge in [-0.15, -0.1) is 0 Å². The summed E-state index contributed by atoms with van der Waals surface area (Å²) in [5.74, 6) is -0.705. The second kappa shape index (κ2) is 10.8. The first-order valence-electron chi connectivity index (χ1n) is 8.72. The number of ether oxygens (including phenoxy) is 2. The number of carbonyl (C=O) groups is 2. The Morgan fingerprint density at radius 1 is 1.08 bits per heavy atom. The zero-order chi connectivity index (χ0) is 17.9. The molecule has 0 fully saturated rings. The number of esters is 2. The van der Waals surface area contributed by atoms with E-state index in [4.69, 9.17) is 9.47 Å². The molecule has 134 valence electrons. The van der Waals surface area contributed by atoms with Gasteiger partial charge in [-0.1, -0.05) is 38.8 Å². The second-order valence-electron chi connectivity index (χ2n) is 5.84. The molecule has 1 rings (SSSR count). The lowest BCUT2D eigenvalue weighted by molar-refractivity contribution is -0.131. The molecule has 24 heavy (non-hydrogen) atoms. The van der Waals surface area contributed by atoms with E-state index in [9.17, 15) is 9.59 Å². The number of hydrogen-bond donors (Lipinski definition) is 0. The van der Waals surface area contributed by atoms with Gasteiger partial charge in [0.15, 0.2) is 6.23 Å². The molecule has 0 heterocycles. The number of para-hydroxylation sites is 1. The Labute approximate surface area is 144 Å². The Bertz CT molecular complexity index is 522. The molecule has 0 N–H and O–H groups in total. The highest BCUT2D eigenvalue weighted by atomic mass is 16.6. The summed E-state index contributed by atoms with van der Waals surface area (Å²) in [5.41, 5.74) is 0.269. The normalized spacial score (nSPS) is 12.0. The van der Waals surface area contributed by atoms with E-state index in [1.807, 2.05) is 6.92 Å². The van der Waals surface area contributed by atoms with Crippen LogP contribution >= 0.6 is 0 Å². The van der Waals surface area contributed by atoms with Gasteiger partial charge < -0.3 is 9.47 Å². The van der Waals surface area contributed by atoms with Crippen molar-refractivity contribution in [1.82, 2.24) is 4.90 Å². The zero-order valence-electron chi connectivity index (χ0n) is 15.2. The van der Waals surface area contributed by atoms with Crippen LogP contribution in [0, 0.1) is 0 Å². The summed E-state index contributed by atoms with van der Waals surface area (Å²) in [5, 5.41) is 0. The fourth-order valence-electron chi connectivity index (χ4n) is 2.37. The smallest absolute Gasteiger partial charge is 0.343 e. The van der Waals surface area contributed by atoms with Crippen LogP contribution in [0.4, 0.5) is 0 Å². The third-order valence-electron chi connectivity index (χ3n) is 3.75. The largest absolute Gasteiger partial charge is 0.443 e. The highest BCUT2D eigenvalue weighted by Gasteiger charge is 2.21. The van der Waals surface area contributed by atoms with Gasteiger partial charge in [0.2, 0.25) is 0 Å². The first kappa shape index (κ1) is 20.2. The van der Waals surface area contributed by atoms with Crippen LogP contribution in [-0.2, 0) is 9.53 Å². The van der Waals surface area contributed by atoms with Crippen LogP contribution < -0.4 is 4.74 Å². The van der Waals surface area contributed by atoms with E-state index in [0.29, 0.717) is 0 Å². The van der Waals surface area contributed by atoms with Gasteiger partial charge >= 0.3 is 11.9 Å². The quantitative estimate of drug-likeness (QED) is 0.367. The highest BCUT2D eigenvalue weighted by molar-refractivity contribution is 5.93. The molecule has 0 aliphatic heterocycles. The van der Waals surface area contributed by atoms with Crippen LogP contribution in [0.25, 0.3) is 0 Å². The van der Waals surface area contributed by atoms with Gasteiger partial charge in [-0.05, 0) is 31.9 Å². The van der Waals surface area contributed by atoms with E-state index in [2.05, 4.69) is 18.7 Å². The van der Waals surface area contributed by atoms with Gasteiger partial charge in [0.25, 0.3) is 0 Å². The molecule has 5 heteroatoms. The Morgan fingerprint density at radius 2 is 1.67 bits per heavy atom. The maximum atomic E-state index is 12.5. The molecular formula is C19H29NO4. The fourth-order valence-corrected chi connectivity index (χ4v) is 2.37. The van der Waals surface area contributed by atoms with Crippen LogP contribution in [0.5, 0.6) is 5.75 Å². The number of benzene rings is 1. The van der Waals surface area contributed by atoms with Crippen molar-refractivity contribution in [1.29, 1.82) is 0 Å². The number of unbranched alkanes of at least 4 members (excludes halogenated alkanes) is 2. The zero-order valence-corrected chi connectivity index (χ0v) is 15.2. The van der Waals surface area contributed by atoms with Crippen molar-refractivity contribution < 1.29 is 19.1 Å². The number of hydrogen-bond acceptors (Lipinski definition) is 5. The lowest BCUT2D eigenvalue weighted by Crippen LogP contribution is -2.38. The third kappa shape index (κ3) is 6.71. The molecule has 0 radical (unpaired) electrons. The maximum absolute atomic E-state index is 12.5. The topological polar surface area (TPSA) is 55.8 Å². The summed E-state index contributed by atoms with van der Waals surface area (Å²) in [6, 6.07) is 6.64. The van der Waals surface area contributed by atoms with Gasteiger partial charge in [-0.3, -0.25) is 9.69 Å². The van der Waals surface area contributed by atoms with Gasteiger partial charge in [-0.2, -0.15) is 0 Å². The molecule has 5 nitrogen and oxygen atoms in total. The monoisotopic (exact) mass is 335 g/mol. The Kier molecular flexibility index (Phi) is 9.08. The molecule has 1 atom stereocenters. The molecule has 0 aliphatic carbocycles. The van der Waals surface area contributed by atoms with Gasteiger partial charge in [0.05, 0.1) is 0 Å². The van der Waals surface area contributed by atoms with Crippen molar-refractivity contribution in [2.75, 3.05) is 13.1 Å². The van der Waals surface area contributed by atoms with E-state index in [0.717, 1.165) is 38.8 Å². The summed E-state index contributed by atoms with van der Waals surface area (Å²) >= 11 is 0. The lowest BCUT2D eigenvalue weighted by Gasteiger charge is -2.28. The molecule has 1 aromatic carbocycles. The summed E-state index contributed by atoms with van der Waals surface area (Å²) < 4.78 is 10.7. The molecule has 0 saturated heterocycles. The van der Waals surface area contributed by atoms with E-state index in [1.54, 1.807) is 24.3 Å². The average Bonchev–Trinajstić information content (AvgIpc) is 2.54. The maximum Gasteiger partial charge on any atom is 0.343 e. The molecule has 0 spiro atoms. The SMILES string of the molecule is CCCCN(CCCC)C(C)OC(=O)c1ccccc1OC(C)=O. The second-order valence-corrected chi connectivity index (χ2v) is 5.84. The molecule has 1 unspecified atom stereocenters. The predicted molar refractivity (Wildman–Crippen MR) is 94.0 cm³/mol. The first-order valence-corrected chi connectivity index (χ1v) is 8.72. The standard InChI is InChI=1S/C19H29NO4/c1-5-7-13-20(14-8-6-2)15(3)23-19(22)17-11-9-10-12-18(17)24-16(4)21/h9-12,15H,5-8,13-14H2,1-4H3. The first-order chi connectivity index (χ1) is 11.5. The average molecular weight is 335 g/mol. The van der Waals surface area contributed by atoms with Crippen LogP contribution in [-0.4, -0.2) is 36.2 Å². The van der Waals surface area contributed by atoms with E-state index < -0.39 is 11.9 Å². The Morgan fingerprint density at radius 3 is 2.21 bits per heavy atom. The minimum atomic E-state index is -0.475. The Balaban J connectivity index is 2.78. The molecule has 0 aliphatic rings. The van der Waals surface area contributed by atoms with Gasteiger partial charge in [0.1, 0.15) is 11.3 Å². The minimum absolute atomic E-state index is 0.232. The van der Waals surface area contributed by atoms with E-state index in [-0.39, 0.29) is 17.5 Å². The summed E-state index contributed by atoms with van der Waals surface area (Å²) in [6.45, 7) is 9.28. The van der Waals surface area contributed by atoms with Crippen molar-refractivity contribution in [3.05, 3.63) is 29.8 Å². The van der Waals surface area contributed by atoms with Crippen LogP contribution in [0.15, 0.2) is 24.3 Å². The van der Waals surface area contributed by atoms with Gasteiger partial charge in [0, 0.05) is 20.0 Å². The molecule has 0 aromatic heterocycles. The van der Waals surface area contributed by atoms with Crippen molar-refractivity contribution in [2.24, 2.45) is 0 Å². The summed E-state index contributed by atoms with van der Waals surface area (Å²) in [7, 11) is 0. The van der Waals surface area contributed by atoms with Crippen molar-refractivity contribution in [3.8, 4) is 5.75 Å². The fraction of sp³-hybridized carbons (Fsp3) is 0.579. The van der Waals surface area contributed by atoms with Crippen LogP contribution in [0.2, 0.25) is 0 Å². The minimum Gasteiger partial charge on any atom is -0.443 e. The molecule has 0 saturated carbocycles. The summed E-state index contributed by atoms with van der Waals surface area (Å²) in [4.78, 5) is 25.8. The Hall–Kier alpha value is -1.88. The van der Waals surface area contributed by atoms with Crippen LogP contribution in [0.3, 0.4) is 0 Å². The third-order valence-corrected chi connectivity index (χ3v) is 3.75. The van der Waals surface area contributed by atoms with Crippen molar-refractivity contribution >= 4 is 11.9 Å². The van der Waals surface area contributed by atoms with E-state index >= 15 is 0 Å². The highest BCUT2D eigenvalue weighted by Crippen LogP contribution is 2.20. The lowest BCUT2D eigenvalue weighted by atomic mass is 10.2. The molecular weight excluding hydrogens is 306 g/mol. The summed E-state index contributed by atoms with van der Waals surface area (Å²) in [6.07, 6.45) is 4.00. The van der Waals surface area contributed by atoms with Crippen molar-refractivity contribution in [2.45, 2.75) is 59.6 Å². The van der Waals surface area contributed by atoms with Crippen molar-refractivity contribution in [3.63, 3.8) is 0 Å². The predicted octanol–water partition coefficient (Wildman–Crippen LogP) is 4.02. The molecule has 0 amide bonds. The van der Waals surface area contributed by atoms with Crippen LogP contribution in [0.1, 0.15) is 63.7 Å². The number of carbonyl (C=O) groups excluding carboxylic acids is 2. The van der Waals surface area contributed by atoms with Gasteiger partial charge in [-0.25, -0.2) is 4.79 Å².